The first kappa shape index (κ1) is 33.0. The predicted octanol–water partition coefficient (Wildman–Crippen LogP) is 15.3. The van der Waals surface area contributed by atoms with Crippen LogP contribution in [0.15, 0.2) is 156 Å². The summed E-state index contributed by atoms with van der Waals surface area (Å²) in [7, 11) is 0. The first-order valence-electron chi connectivity index (χ1n) is 22.5. The normalized spacial score (nSPS) is 24.9. The molecule has 7 aliphatic rings. The van der Waals surface area contributed by atoms with E-state index in [9.17, 15) is 0 Å². The highest BCUT2D eigenvalue weighted by molar-refractivity contribution is 6.09. The Kier molecular flexibility index (Phi) is 6.65. The quantitative estimate of drug-likeness (QED) is 0.178. The van der Waals surface area contributed by atoms with Crippen molar-refractivity contribution in [3.63, 3.8) is 0 Å². The van der Waals surface area contributed by atoms with Crippen molar-refractivity contribution in [2.24, 2.45) is 23.7 Å². The lowest BCUT2D eigenvalue weighted by Crippen LogP contribution is -2.55. The number of hydrogen-bond acceptors (Lipinski definition) is 2. The van der Waals surface area contributed by atoms with E-state index < -0.39 is 0 Å². The number of furan rings is 1. The number of benzene rings is 7. The second-order valence-corrected chi connectivity index (χ2v) is 19.1. The molecule has 8 aromatic rings. The standard InChI is InChI=1S/C57H47NO/c1-4-17-49-43(11-1)45-26-25-41(34-51(45)56(49)27-7-8-28-56)58(40-23-21-37(22-24-40)42-14-9-16-48-46-13-3-6-20-53(46)59-55(42)48)52-19-10-15-47-44-12-2-5-18-50(44)57(54(47)52)38-30-35-29-36(32-38)33-39(57)31-35/h1-6,9-26,34-36,38-39H,7-8,27-33H2. The maximum Gasteiger partial charge on any atom is 0.143 e. The Morgan fingerprint density at radius 1 is 0.475 bits per heavy atom. The zero-order valence-electron chi connectivity index (χ0n) is 33.5. The van der Waals surface area contributed by atoms with Crippen LogP contribution in [0, 0.1) is 23.7 Å². The molecule has 7 aliphatic carbocycles. The van der Waals surface area contributed by atoms with Gasteiger partial charge in [-0.25, -0.2) is 0 Å². The van der Waals surface area contributed by atoms with Crippen LogP contribution < -0.4 is 4.90 Å². The summed E-state index contributed by atoms with van der Waals surface area (Å²) in [5, 5.41) is 2.34. The van der Waals surface area contributed by atoms with Gasteiger partial charge in [0.1, 0.15) is 11.2 Å². The van der Waals surface area contributed by atoms with Gasteiger partial charge in [0.05, 0.1) is 5.69 Å². The molecule has 0 amide bonds. The fourth-order valence-electron chi connectivity index (χ4n) is 14.7. The molecular formula is C57H47NO. The second kappa shape index (κ2) is 11.9. The third kappa shape index (κ3) is 4.27. The molecule has 1 aromatic heterocycles. The highest BCUT2D eigenvalue weighted by Gasteiger charge is 2.62. The first-order chi connectivity index (χ1) is 29.2. The molecule has 0 unspecified atom stereocenters. The fraction of sp³-hybridized carbons (Fsp3) is 0.263. The third-order valence-corrected chi connectivity index (χ3v) is 16.6. The van der Waals surface area contributed by atoms with E-state index in [0.29, 0.717) is 11.8 Å². The molecule has 1 heterocycles. The van der Waals surface area contributed by atoms with E-state index in [-0.39, 0.29) is 10.8 Å². The predicted molar refractivity (Wildman–Crippen MR) is 242 cm³/mol. The van der Waals surface area contributed by atoms with Crippen molar-refractivity contribution in [2.75, 3.05) is 4.90 Å². The van der Waals surface area contributed by atoms with Gasteiger partial charge in [0.15, 0.2) is 0 Å². The minimum atomic E-state index is 0.0463. The van der Waals surface area contributed by atoms with Crippen LogP contribution in [0.2, 0.25) is 0 Å². The number of fused-ring (bicyclic) bond motifs is 11. The van der Waals surface area contributed by atoms with Crippen molar-refractivity contribution in [3.05, 3.63) is 174 Å². The van der Waals surface area contributed by atoms with Gasteiger partial charge < -0.3 is 9.32 Å². The van der Waals surface area contributed by atoms with Gasteiger partial charge >= 0.3 is 0 Å². The van der Waals surface area contributed by atoms with Gasteiger partial charge in [0.25, 0.3) is 0 Å². The van der Waals surface area contributed by atoms with Crippen LogP contribution in [0.1, 0.15) is 80.0 Å². The van der Waals surface area contributed by atoms with Gasteiger partial charge in [0.2, 0.25) is 0 Å². The average Bonchev–Trinajstić information content (AvgIpc) is 4.05. The molecule has 0 atom stereocenters. The lowest BCUT2D eigenvalue weighted by Gasteiger charge is -2.61. The van der Waals surface area contributed by atoms with Gasteiger partial charge in [-0.05, 0) is 155 Å². The SMILES string of the molecule is c1ccc2c(c1)-c1ccc(N(c3ccc(-c4cccc5c4oc4ccccc45)cc3)c3cccc4c3C3(c5ccccc5-4)C4CC5CC(C4)CC3C5)cc1C21CCCC1. The summed E-state index contributed by atoms with van der Waals surface area (Å²) in [5.41, 5.74) is 20.3. The maximum absolute atomic E-state index is 6.55. The van der Waals surface area contributed by atoms with Crippen LogP contribution in [-0.2, 0) is 10.8 Å². The zero-order valence-corrected chi connectivity index (χ0v) is 33.5. The summed E-state index contributed by atoms with van der Waals surface area (Å²) in [6.07, 6.45) is 12.0. The average molecular weight is 762 g/mol. The topological polar surface area (TPSA) is 16.4 Å². The summed E-state index contributed by atoms with van der Waals surface area (Å²) in [5.74, 6) is 3.17. The van der Waals surface area contributed by atoms with Gasteiger partial charge in [0, 0.05) is 38.5 Å². The molecule has 0 N–H and O–H groups in total. The van der Waals surface area contributed by atoms with Gasteiger partial charge in [-0.3, -0.25) is 0 Å². The lowest BCUT2D eigenvalue weighted by molar-refractivity contribution is -0.0397. The summed E-state index contributed by atoms with van der Waals surface area (Å²) in [6, 6.07) is 58.1. The van der Waals surface area contributed by atoms with E-state index in [4.69, 9.17) is 4.42 Å². The maximum atomic E-state index is 6.55. The van der Waals surface area contributed by atoms with E-state index in [2.05, 4.69) is 157 Å². The van der Waals surface area contributed by atoms with Crippen molar-refractivity contribution in [1.82, 2.24) is 0 Å². The van der Waals surface area contributed by atoms with Crippen molar-refractivity contribution in [3.8, 4) is 33.4 Å². The molecular weight excluding hydrogens is 715 g/mol. The minimum Gasteiger partial charge on any atom is -0.455 e. The molecule has 15 rings (SSSR count). The third-order valence-electron chi connectivity index (χ3n) is 16.6. The Bertz CT molecular complexity index is 3000. The van der Waals surface area contributed by atoms with Crippen LogP contribution in [-0.4, -0.2) is 0 Å². The zero-order chi connectivity index (χ0) is 38.5. The van der Waals surface area contributed by atoms with Crippen molar-refractivity contribution in [1.29, 1.82) is 0 Å². The Morgan fingerprint density at radius 3 is 1.88 bits per heavy atom. The fourth-order valence-corrected chi connectivity index (χ4v) is 14.7. The molecule has 0 radical (unpaired) electrons. The summed E-state index contributed by atoms with van der Waals surface area (Å²) in [4.78, 5) is 2.68. The van der Waals surface area contributed by atoms with E-state index >= 15 is 0 Å². The molecule has 4 bridgehead atoms. The van der Waals surface area contributed by atoms with Crippen LogP contribution in [0.5, 0.6) is 0 Å². The summed E-state index contributed by atoms with van der Waals surface area (Å²) < 4.78 is 6.55. The number of rotatable bonds is 4. The number of hydrogen-bond donors (Lipinski definition) is 0. The molecule has 5 saturated carbocycles. The lowest BCUT2D eigenvalue weighted by atomic mass is 9.43. The summed E-state index contributed by atoms with van der Waals surface area (Å²) >= 11 is 0. The second-order valence-electron chi connectivity index (χ2n) is 19.1. The van der Waals surface area contributed by atoms with E-state index in [1.807, 2.05) is 0 Å². The first-order valence-corrected chi connectivity index (χ1v) is 22.5. The Balaban J connectivity index is 0.995. The van der Waals surface area contributed by atoms with Crippen LogP contribution >= 0.6 is 0 Å². The number of para-hydroxylation sites is 2. The van der Waals surface area contributed by atoms with E-state index in [0.717, 1.165) is 28.6 Å². The van der Waals surface area contributed by atoms with E-state index in [1.54, 1.807) is 16.7 Å². The van der Waals surface area contributed by atoms with Gasteiger partial charge in [-0.1, -0.05) is 128 Å². The molecule has 286 valence electrons. The van der Waals surface area contributed by atoms with Crippen molar-refractivity contribution < 1.29 is 4.42 Å². The van der Waals surface area contributed by atoms with E-state index in [1.165, 1.54) is 119 Å². The highest BCUT2D eigenvalue weighted by Crippen LogP contribution is 2.71. The molecule has 2 heteroatoms. The number of anilines is 3. The smallest absolute Gasteiger partial charge is 0.143 e. The molecule has 59 heavy (non-hydrogen) atoms. The van der Waals surface area contributed by atoms with Crippen LogP contribution in [0.25, 0.3) is 55.3 Å². The molecule has 5 fully saturated rings. The molecule has 0 saturated heterocycles. The minimum absolute atomic E-state index is 0.0463. The largest absolute Gasteiger partial charge is 0.455 e. The highest BCUT2D eigenvalue weighted by atomic mass is 16.3. The van der Waals surface area contributed by atoms with Crippen LogP contribution in [0.4, 0.5) is 17.1 Å². The molecule has 2 nitrogen and oxygen atoms in total. The Morgan fingerprint density at radius 2 is 1.08 bits per heavy atom. The molecule has 2 spiro atoms. The number of nitrogens with zero attached hydrogens (tertiary/aromatic N) is 1. The van der Waals surface area contributed by atoms with Gasteiger partial charge in [-0.15, -0.1) is 0 Å². The van der Waals surface area contributed by atoms with Gasteiger partial charge in [-0.2, -0.15) is 0 Å². The monoisotopic (exact) mass is 761 g/mol. The molecule has 0 aliphatic heterocycles. The van der Waals surface area contributed by atoms with Crippen LogP contribution in [0.3, 0.4) is 0 Å². The summed E-state index contributed by atoms with van der Waals surface area (Å²) in [6.45, 7) is 0. The van der Waals surface area contributed by atoms with Crippen molar-refractivity contribution >= 4 is 39.0 Å². The molecule has 7 aromatic carbocycles. The van der Waals surface area contributed by atoms with Crippen molar-refractivity contribution in [2.45, 2.75) is 68.6 Å². The Labute approximate surface area is 346 Å². The Hall–Kier alpha value is -5.86.